The van der Waals surface area contributed by atoms with E-state index in [9.17, 15) is 23.2 Å². The zero-order valence-corrected chi connectivity index (χ0v) is 15.7. The minimum Gasteiger partial charge on any atom is -0.324 e. The number of carbonyl (C=O) groups excluding carboxylic acids is 3. The molecular formula is C19H15ClF2N4O3. The fourth-order valence-electron chi connectivity index (χ4n) is 2.54. The average molecular weight is 421 g/mol. The normalized spacial score (nSPS) is 13.7. The number of nitrogens with one attached hydrogen (secondary N) is 2. The third-order valence-corrected chi connectivity index (χ3v) is 4.26. The molecule has 3 amide bonds. The molecule has 0 unspecified atom stereocenters. The number of nitrogens with zero attached hydrogens (tertiary/aromatic N) is 2. The molecule has 0 saturated heterocycles. The van der Waals surface area contributed by atoms with Gasteiger partial charge >= 0.3 is 0 Å². The highest BCUT2D eigenvalue weighted by molar-refractivity contribution is 6.43. The summed E-state index contributed by atoms with van der Waals surface area (Å²) in [5, 5.41) is 9.72. The van der Waals surface area contributed by atoms with Crippen molar-refractivity contribution in [3.63, 3.8) is 0 Å². The Kier molecular flexibility index (Phi) is 6.18. The summed E-state index contributed by atoms with van der Waals surface area (Å²) in [4.78, 5) is 36.5. The molecule has 0 bridgehead atoms. The van der Waals surface area contributed by atoms with Crippen LogP contribution in [0.4, 0.5) is 20.2 Å². The zero-order valence-electron chi connectivity index (χ0n) is 14.9. The van der Waals surface area contributed by atoms with Crippen molar-refractivity contribution in [1.82, 2.24) is 5.01 Å². The first kappa shape index (κ1) is 20.4. The van der Waals surface area contributed by atoms with Gasteiger partial charge < -0.3 is 10.6 Å². The van der Waals surface area contributed by atoms with Gasteiger partial charge in [0.15, 0.2) is 0 Å². The van der Waals surface area contributed by atoms with Crippen molar-refractivity contribution in [3.8, 4) is 0 Å². The predicted molar refractivity (Wildman–Crippen MR) is 103 cm³/mol. The molecule has 1 heterocycles. The second kappa shape index (κ2) is 8.78. The molecule has 2 aromatic carbocycles. The number of anilines is 2. The number of hydrogen-bond acceptors (Lipinski definition) is 4. The molecule has 7 nitrogen and oxygen atoms in total. The van der Waals surface area contributed by atoms with Gasteiger partial charge in [0.05, 0.1) is 5.02 Å². The van der Waals surface area contributed by atoms with Gasteiger partial charge in [-0.1, -0.05) is 11.6 Å². The number of carbonyl (C=O) groups is 3. The number of hydrogen-bond donors (Lipinski definition) is 2. The van der Waals surface area contributed by atoms with Gasteiger partial charge in [-0.25, -0.2) is 13.8 Å². The van der Waals surface area contributed by atoms with Gasteiger partial charge in [0.2, 0.25) is 11.8 Å². The van der Waals surface area contributed by atoms with Gasteiger partial charge in [-0.15, -0.1) is 0 Å². The number of halogens is 3. The summed E-state index contributed by atoms with van der Waals surface area (Å²) >= 11 is 5.66. The summed E-state index contributed by atoms with van der Waals surface area (Å²) < 4.78 is 26.1. The molecule has 3 rings (SSSR count). The van der Waals surface area contributed by atoms with E-state index in [1.807, 2.05) is 0 Å². The van der Waals surface area contributed by atoms with Crippen molar-refractivity contribution in [1.29, 1.82) is 0 Å². The molecule has 2 N–H and O–H groups in total. The SMILES string of the molecule is O=C(CN1N=C(C(=O)Nc2ccc(F)cc2)CCC1=O)Nc1ccc(F)c(Cl)c1. The Balaban J connectivity index is 1.65. The lowest BCUT2D eigenvalue weighted by atomic mass is 10.1. The summed E-state index contributed by atoms with van der Waals surface area (Å²) in [6.07, 6.45) is 0.114. The lowest BCUT2D eigenvalue weighted by Gasteiger charge is -2.22. The van der Waals surface area contributed by atoms with Crippen LogP contribution in [0.15, 0.2) is 47.6 Å². The van der Waals surface area contributed by atoms with Crippen molar-refractivity contribution >= 4 is 46.4 Å². The molecule has 1 aliphatic heterocycles. The molecule has 10 heteroatoms. The maximum Gasteiger partial charge on any atom is 0.271 e. The van der Waals surface area contributed by atoms with Crippen molar-refractivity contribution < 1.29 is 23.2 Å². The maximum absolute atomic E-state index is 13.2. The molecule has 0 aliphatic carbocycles. The van der Waals surface area contributed by atoms with Crippen LogP contribution in [-0.4, -0.2) is 35.0 Å². The summed E-state index contributed by atoms with van der Waals surface area (Å²) in [6, 6.07) is 8.82. The number of benzene rings is 2. The second-order valence-corrected chi connectivity index (χ2v) is 6.54. The van der Waals surface area contributed by atoms with E-state index >= 15 is 0 Å². The Bertz CT molecular complexity index is 995. The third-order valence-electron chi connectivity index (χ3n) is 3.97. The number of amides is 3. The minimum atomic E-state index is -0.628. The number of rotatable bonds is 5. The first-order chi connectivity index (χ1) is 13.8. The topological polar surface area (TPSA) is 90.9 Å². The standard InChI is InChI=1S/C19H15ClF2N4O3/c20-14-9-13(5-6-15(14)22)23-17(27)10-26-18(28)8-7-16(25-26)19(29)24-12-3-1-11(21)2-4-12/h1-6,9H,7-8,10H2,(H,23,27)(H,24,29). The first-order valence-corrected chi connectivity index (χ1v) is 8.89. The number of hydrazone groups is 1. The van der Waals surface area contributed by atoms with E-state index in [4.69, 9.17) is 11.6 Å². The van der Waals surface area contributed by atoms with Crippen LogP contribution in [0, 0.1) is 11.6 Å². The van der Waals surface area contributed by atoms with Crippen LogP contribution in [-0.2, 0) is 14.4 Å². The van der Waals surface area contributed by atoms with Gasteiger partial charge in [-0.3, -0.25) is 14.4 Å². The molecule has 0 spiro atoms. The van der Waals surface area contributed by atoms with Crippen LogP contribution in [0.2, 0.25) is 5.02 Å². The molecule has 150 valence electrons. The van der Waals surface area contributed by atoms with E-state index in [0.29, 0.717) is 5.69 Å². The largest absolute Gasteiger partial charge is 0.324 e. The van der Waals surface area contributed by atoms with Crippen LogP contribution >= 0.6 is 11.6 Å². The molecule has 29 heavy (non-hydrogen) atoms. The van der Waals surface area contributed by atoms with Crippen molar-refractivity contribution in [2.24, 2.45) is 5.10 Å². The minimum absolute atomic E-state index is 0.00529. The summed E-state index contributed by atoms with van der Waals surface area (Å²) in [7, 11) is 0. The Morgan fingerprint density at radius 2 is 1.72 bits per heavy atom. The van der Waals surface area contributed by atoms with E-state index in [1.54, 1.807) is 0 Å². The highest BCUT2D eigenvalue weighted by Crippen LogP contribution is 2.19. The van der Waals surface area contributed by atoms with E-state index in [1.165, 1.54) is 36.4 Å². The fraction of sp³-hybridized carbons (Fsp3) is 0.158. The Morgan fingerprint density at radius 3 is 2.41 bits per heavy atom. The maximum atomic E-state index is 13.2. The van der Waals surface area contributed by atoms with E-state index in [2.05, 4.69) is 15.7 Å². The molecule has 0 radical (unpaired) electrons. The van der Waals surface area contributed by atoms with E-state index in [-0.39, 0.29) is 29.3 Å². The molecule has 0 atom stereocenters. The van der Waals surface area contributed by atoms with Gasteiger partial charge in [0.25, 0.3) is 5.91 Å². The Morgan fingerprint density at radius 1 is 1.03 bits per heavy atom. The zero-order chi connectivity index (χ0) is 21.0. The first-order valence-electron chi connectivity index (χ1n) is 8.51. The third kappa shape index (κ3) is 5.35. The van der Waals surface area contributed by atoms with Gasteiger partial charge in [-0.2, -0.15) is 5.10 Å². The van der Waals surface area contributed by atoms with Crippen LogP contribution in [0.5, 0.6) is 0 Å². The van der Waals surface area contributed by atoms with E-state index in [0.717, 1.165) is 11.1 Å². The Labute approximate surface area is 169 Å². The van der Waals surface area contributed by atoms with Crippen LogP contribution in [0.3, 0.4) is 0 Å². The van der Waals surface area contributed by atoms with Crippen molar-refractivity contribution in [3.05, 3.63) is 59.1 Å². The van der Waals surface area contributed by atoms with Crippen molar-refractivity contribution in [2.75, 3.05) is 17.2 Å². The summed E-state index contributed by atoms with van der Waals surface area (Å²) in [6.45, 7) is -0.429. The fourth-order valence-corrected chi connectivity index (χ4v) is 2.72. The van der Waals surface area contributed by atoms with Crippen LogP contribution in [0.1, 0.15) is 12.8 Å². The molecule has 0 fully saturated rings. The molecule has 0 saturated carbocycles. The average Bonchev–Trinajstić information content (AvgIpc) is 2.68. The highest BCUT2D eigenvalue weighted by atomic mass is 35.5. The van der Waals surface area contributed by atoms with Crippen molar-refractivity contribution in [2.45, 2.75) is 12.8 Å². The molecule has 0 aromatic heterocycles. The predicted octanol–water partition coefficient (Wildman–Crippen LogP) is 3.17. The molecule has 1 aliphatic rings. The molecular weight excluding hydrogens is 406 g/mol. The summed E-state index contributed by atoms with van der Waals surface area (Å²) in [5.74, 6) is -2.64. The van der Waals surface area contributed by atoms with Crippen LogP contribution in [0.25, 0.3) is 0 Å². The van der Waals surface area contributed by atoms with Gasteiger partial charge in [0, 0.05) is 24.2 Å². The lowest BCUT2D eigenvalue weighted by Crippen LogP contribution is -2.40. The van der Waals surface area contributed by atoms with E-state index < -0.39 is 35.9 Å². The smallest absolute Gasteiger partial charge is 0.271 e. The summed E-state index contributed by atoms with van der Waals surface area (Å²) in [5.41, 5.74) is 0.684. The van der Waals surface area contributed by atoms with Gasteiger partial charge in [0.1, 0.15) is 23.9 Å². The molecule has 2 aromatic rings. The second-order valence-electron chi connectivity index (χ2n) is 6.14. The lowest BCUT2D eigenvalue weighted by molar-refractivity contribution is -0.135. The quantitative estimate of drug-likeness (QED) is 0.778. The Hall–Kier alpha value is -3.33. The monoisotopic (exact) mass is 420 g/mol. The highest BCUT2D eigenvalue weighted by Gasteiger charge is 2.26. The van der Waals surface area contributed by atoms with Gasteiger partial charge in [-0.05, 0) is 42.5 Å². The van der Waals surface area contributed by atoms with Crippen LogP contribution < -0.4 is 10.6 Å².